The molecule has 0 spiro atoms. The van der Waals surface area contributed by atoms with E-state index in [0.29, 0.717) is 22.9 Å². The number of imidazole rings is 1. The van der Waals surface area contributed by atoms with E-state index in [0.717, 1.165) is 5.57 Å². The van der Waals surface area contributed by atoms with Crippen LogP contribution in [0.15, 0.2) is 18.5 Å². The molecule has 6 nitrogen and oxygen atoms in total. The Morgan fingerprint density at radius 3 is 2.89 bits per heavy atom. The molecule has 2 aromatic heterocycles. The average Bonchev–Trinajstić information content (AvgIpc) is 2.74. The van der Waals surface area contributed by atoms with Gasteiger partial charge >= 0.3 is 0 Å². The van der Waals surface area contributed by atoms with E-state index in [2.05, 4.69) is 21.5 Å². The summed E-state index contributed by atoms with van der Waals surface area (Å²) in [6.45, 7) is 4.73. The van der Waals surface area contributed by atoms with Gasteiger partial charge in [-0.3, -0.25) is 0 Å². The lowest BCUT2D eigenvalue weighted by molar-refractivity contribution is 0.269. The first-order chi connectivity index (χ1) is 8.61. The van der Waals surface area contributed by atoms with Crippen LogP contribution in [0.3, 0.4) is 0 Å². The highest BCUT2D eigenvalue weighted by atomic mass is 35.5. The zero-order valence-corrected chi connectivity index (χ0v) is 10.3. The largest absolute Gasteiger partial charge is 0.396 e. The van der Waals surface area contributed by atoms with Crippen molar-refractivity contribution in [1.29, 1.82) is 0 Å². The van der Waals surface area contributed by atoms with E-state index in [1.807, 2.05) is 4.57 Å². The van der Waals surface area contributed by atoms with Crippen molar-refractivity contribution in [3.05, 3.63) is 23.6 Å². The van der Waals surface area contributed by atoms with Gasteiger partial charge in [0.25, 0.3) is 0 Å². The number of halogens is 1. The van der Waals surface area contributed by atoms with E-state index in [4.69, 9.17) is 22.4 Å². The molecule has 2 heterocycles. The lowest BCUT2D eigenvalue weighted by atomic mass is 10.3. The highest BCUT2D eigenvalue weighted by molar-refractivity contribution is 6.33. The molecule has 3 N–H and O–H groups in total. The second kappa shape index (κ2) is 3.93. The SMILES string of the molecule is C=C1[C@H](CO)[C@H]1Cn1cnc2nc(N)nc(Cl)c21. The van der Waals surface area contributed by atoms with Crippen molar-refractivity contribution in [2.75, 3.05) is 12.3 Å². The fourth-order valence-corrected chi connectivity index (χ4v) is 2.52. The molecule has 0 radical (unpaired) electrons. The summed E-state index contributed by atoms with van der Waals surface area (Å²) in [5.41, 5.74) is 7.73. The van der Waals surface area contributed by atoms with E-state index in [9.17, 15) is 0 Å². The van der Waals surface area contributed by atoms with Crippen LogP contribution in [-0.4, -0.2) is 31.2 Å². The number of aromatic nitrogens is 4. The minimum absolute atomic E-state index is 0.113. The van der Waals surface area contributed by atoms with E-state index >= 15 is 0 Å². The van der Waals surface area contributed by atoms with Gasteiger partial charge in [0, 0.05) is 18.4 Å². The third-order valence-corrected chi connectivity index (χ3v) is 3.63. The fourth-order valence-electron chi connectivity index (χ4n) is 2.24. The molecule has 0 amide bonds. The Kier molecular flexibility index (Phi) is 2.49. The summed E-state index contributed by atoms with van der Waals surface area (Å²) in [5.74, 6) is 0.554. The van der Waals surface area contributed by atoms with Crippen LogP contribution in [0, 0.1) is 11.8 Å². The van der Waals surface area contributed by atoms with E-state index in [1.165, 1.54) is 0 Å². The lowest BCUT2D eigenvalue weighted by Crippen LogP contribution is -2.03. The first-order valence-corrected chi connectivity index (χ1v) is 5.93. The van der Waals surface area contributed by atoms with Crippen LogP contribution in [0.2, 0.25) is 5.15 Å². The number of aliphatic hydroxyl groups is 1. The molecule has 94 valence electrons. The maximum Gasteiger partial charge on any atom is 0.223 e. The molecule has 1 saturated carbocycles. The molecule has 0 aliphatic heterocycles. The Morgan fingerprint density at radius 1 is 1.44 bits per heavy atom. The summed E-state index contributed by atoms with van der Waals surface area (Å²) in [6.07, 6.45) is 1.66. The summed E-state index contributed by atoms with van der Waals surface area (Å²) in [5, 5.41) is 9.42. The van der Waals surface area contributed by atoms with E-state index < -0.39 is 0 Å². The van der Waals surface area contributed by atoms with Gasteiger partial charge in [-0.05, 0) is 0 Å². The van der Waals surface area contributed by atoms with Crippen LogP contribution in [0.25, 0.3) is 11.2 Å². The van der Waals surface area contributed by atoms with Gasteiger partial charge in [-0.25, -0.2) is 4.98 Å². The van der Waals surface area contributed by atoms with Gasteiger partial charge in [-0.2, -0.15) is 9.97 Å². The molecule has 1 fully saturated rings. The summed E-state index contributed by atoms with van der Waals surface area (Å²) in [7, 11) is 0. The molecule has 7 heteroatoms. The van der Waals surface area contributed by atoms with Crippen LogP contribution in [0.1, 0.15) is 0 Å². The number of nitrogen functional groups attached to an aromatic ring is 1. The Balaban J connectivity index is 1.96. The minimum Gasteiger partial charge on any atom is -0.396 e. The Bertz CT molecular complexity index is 638. The third-order valence-electron chi connectivity index (χ3n) is 3.37. The van der Waals surface area contributed by atoms with Gasteiger partial charge in [-0.15, -0.1) is 0 Å². The number of aliphatic hydroxyl groups excluding tert-OH is 1. The van der Waals surface area contributed by atoms with E-state index in [1.54, 1.807) is 6.33 Å². The number of hydrogen-bond acceptors (Lipinski definition) is 5. The van der Waals surface area contributed by atoms with Gasteiger partial charge in [0.05, 0.1) is 12.9 Å². The molecular weight excluding hydrogens is 254 g/mol. The quantitative estimate of drug-likeness (QED) is 0.634. The van der Waals surface area contributed by atoms with Gasteiger partial charge in [0.15, 0.2) is 10.8 Å². The number of nitrogens with two attached hydrogens (primary N) is 1. The summed E-state index contributed by atoms with van der Waals surface area (Å²) < 4.78 is 1.88. The molecule has 0 unspecified atom stereocenters. The van der Waals surface area contributed by atoms with Crippen LogP contribution in [0.5, 0.6) is 0 Å². The summed E-state index contributed by atoms with van der Waals surface area (Å²) >= 11 is 6.06. The number of anilines is 1. The molecule has 2 aromatic rings. The first kappa shape index (κ1) is 11.4. The molecule has 0 bridgehead atoms. The predicted octanol–water partition coefficient (Wildman–Crippen LogP) is 0.856. The van der Waals surface area contributed by atoms with Crippen molar-refractivity contribution in [3.63, 3.8) is 0 Å². The van der Waals surface area contributed by atoms with Crippen LogP contribution < -0.4 is 5.73 Å². The Labute approximate surface area is 108 Å². The Hall–Kier alpha value is -1.66. The first-order valence-electron chi connectivity index (χ1n) is 5.55. The van der Waals surface area contributed by atoms with Crippen molar-refractivity contribution >= 4 is 28.7 Å². The second-order valence-corrected chi connectivity index (χ2v) is 4.77. The smallest absolute Gasteiger partial charge is 0.223 e. The van der Waals surface area contributed by atoms with Crippen molar-refractivity contribution in [3.8, 4) is 0 Å². The molecule has 1 aliphatic carbocycles. The molecule has 18 heavy (non-hydrogen) atoms. The number of hydrogen-bond donors (Lipinski definition) is 2. The fraction of sp³-hybridized carbons (Fsp3) is 0.364. The number of rotatable bonds is 3. The minimum atomic E-state index is 0.113. The highest BCUT2D eigenvalue weighted by Crippen LogP contribution is 2.45. The van der Waals surface area contributed by atoms with Gasteiger partial charge in [0.2, 0.25) is 5.95 Å². The van der Waals surface area contributed by atoms with Gasteiger partial charge < -0.3 is 15.4 Å². The van der Waals surface area contributed by atoms with Crippen LogP contribution in [0.4, 0.5) is 5.95 Å². The Morgan fingerprint density at radius 2 is 2.22 bits per heavy atom. The van der Waals surface area contributed by atoms with Crippen LogP contribution >= 0.6 is 11.6 Å². The number of fused-ring (bicyclic) bond motifs is 1. The molecule has 1 aliphatic rings. The maximum atomic E-state index is 9.13. The molecule has 0 saturated heterocycles. The average molecular weight is 266 g/mol. The third kappa shape index (κ3) is 1.65. The van der Waals surface area contributed by atoms with Crippen molar-refractivity contribution in [2.45, 2.75) is 6.54 Å². The number of nitrogens with zero attached hydrogens (tertiary/aromatic N) is 4. The van der Waals surface area contributed by atoms with E-state index in [-0.39, 0.29) is 24.4 Å². The molecule has 0 aromatic carbocycles. The van der Waals surface area contributed by atoms with Crippen molar-refractivity contribution < 1.29 is 5.11 Å². The summed E-state index contributed by atoms with van der Waals surface area (Å²) in [4.78, 5) is 12.1. The highest BCUT2D eigenvalue weighted by Gasteiger charge is 2.41. The van der Waals surface area contributed by atoms with Gasteiger partial charge in [-0.1, -0.05) is 23.8 Å². The van der Waals surface area contributed by atoms with Crippen molar-refractivity contribution in [1.82, 2.24) is 19.5 Å². The monoisotopic (exact) mass is 265 g/mol. The second-order valence-electron chi connectivity index (χ2n) is 4.41. The summed E-state index contributed by atoms with van der Waals surface area (Å²) in [6, 6.07) is 0. The van der Waals surface area contributed by atoms with Crippen molar-refractivity contribution in [2.24, 2.45) is 11.8 Å². The standard InChI is InChI=1S/C11H12ClN5O/c1-5-6(7(5)3-18)2-17-4-14-10-8(17)9(12)15-11(13)16-10/h4,6-7,18H,1-3H2,(H2,13,15,16)/t6-,7-/m0/s1. The molecular formula is C11H12ClN5O. The zero-order valence-electron chi connectivity index (χ0n) is 9.54. The lowest BCUT2D eigenvalue weighted by Gasteiger charge is -2.03. The molecule has 3 rings (SSSR count). The van der Waals surface area contributed by atoms with Crippen LogP contribution in [-0.2, 0) is 6.54 Å². The normalized spacial score (nSPS) is 22.7. The van der Waals surface area contributed by atoms with Gasteiger partial charge in [0.1, 0.15) is 5.52 Å². The topological polar surface area (TPSA) is 89.8 Å². The maximum absolute atomic E-state index is 9.13. The zero-order chi connectivity index (χ0) is 12.9. The predicted molar refractivity (Wildman–Crippen MR) is 68.0 cm³/mol. The molecule has 2 atom stereocenters.